The first-order valence-electron chi connectivity index (χ1n) is 9.00. The second-order valence-corrected chi connectivity index (χ2v) is 6.96. The van der Waals surface area contributed by atoms with Gasteiger partial charge in [0.05, 0.1) is 17.3 Å². The summed E-state index contributed by atoms with van der Waals surface area (Å²) in [4.78, 5) is 6.77. The minimum atomic E-state index is -4.37. The first-order chi connectivity index (χ1) is 13.3. The quantitative estimate of drug-likeness (QED) is 0.641. The van der Waals surface area contributed by atoms with Gasteiger partial charge in [0, 0.05) is 12.1 Å². The predicted octanol–water partition coefficient (Wildman–Crippen LogP) is 4.70. The molecular weight excluding hydrogens is 373 g/mol. The van der Waals surface area contributed by atoms with Crippen molar-refractivity contribution in [3.63, 3.8) is 0 Å². The Bertz CT molecular complexity index is 962. The highest BCUT2D eigenvalue weighted by Crippen LogP contribution is 2.35. The Morgan fingerprint density at radius 1 is 1.14 bits per heavy atom. The highest BCUT2D eigenvalue weighted by atomic mass is 19.4. The van der Waals surface area contributed by atoms with Gasteiger partial charge < -0.3 is 4.42 Å². The molecule has 0 unspecified atom stereocenters. The van der Waals surface area contributed by atoms with Gasteiger partial charge in [-0.25, -0.2) is 9.61 Å². The SMILES string of the molecule is Cc1nonc1[C@@H]1CCCN1Cc1nc(-c2ccc(C(F)(F)F)cc2)oc1C. The number of halogens is 3. The molecule has 3 heterocycles. The number of aromatic nitrogens is 3. The van der Waals surface area contributed by atoms with Crippen LogP contribution in [0.3, 0.4) is 0 Å². The van der Waals surface area contributed by atoms with Gasteiger partial charge in [-0.15, -0.1) is 0 Å². The van der Waals surface area contributed by atoms with Crippen molar-refractivity contribution in [2.24, 2.45) is 0 Å². The fraction of sp³-hybridized carbons (Fsp3) is 0.421. The first-order valence-corrected chi connectivity index (χ1v) is 9.00. The fourth-order valence-electron chi connectivity index (χ4n) is 3.56. The normalized spacial score (nSPS) is 18.1. The zero-order chi connectivity index (χ0) is 19.9. The molecular formula is C19H19F3N4O2. The van der Waals surface area contributed by atoms with Crippen LogP contribution >= 0.6 is 0 Å². The molecule has 6 nitrogen and oxygen atoms in total. The summed E-state index contributed by atoms with van der Waals surface area (Å²) < 4.78 is 48.8. The summed E-state index contributed by atoms with van der Waals surface area (Å²) in [5, 5.41) is 7.89. The molecule has 1 aliphatic heterocycles. The molecule has 1 aromatic carbocycles. The van der Waals surface area contributed by atoms with Crippen molar-refractivity contribution in [3.8, 4) is 11.5 Å². The van der Waals surface area contributed by atoms with Crippen LogP contribution in [0, 0.1) is 13.8 Å². The molecule has 0 amide bonds. The summed E-state index contributed by atoms with van der Waals surface area (Å²) in [6, 6.07) is 4.93. The summed E-state index contributed by atoms with van der Waals surface area (Å²) in [6.07, 6.45) is -2.38. The molecule has 0 N–H and O–H groups in total. The second-order valence-electron chi connectivity index (χ2n) is 6.96. The van der Waals surface area contributed by atoms with Gasteiger partial charge in [-0.05, 0) is 57.5 Å². The van der Waals surface area contributed by atoms with E-state index in [9.17, 15) is 13.2 Å². The molecule has 4 rings (SSSR count). The van der Waals surface area contributed by atoms with Crippen LogP contribution in [0.4, 0.5) is 13.2 Å². The van der Waals surface area contributed by atoms with Crippen molar-refractivity contribution in [3.05, 3.63) is 52.7 Å². The van der Waals surface area contributed by atoms with Gasteiger partial charge in [-0.3, -0.25) is 4.90 Å². The van der Waals surface area contributed by atoms with E-state index >= 15 is 0 Å². The van der Waals surface area contributed by atoms with E-state index in [1.165, 1.54) is 12.1 Å². The summed E-state index contributed by atoms with van der Waals surface area (Å²) in [5.74, 6) is 0.965. The van der Waals surface area contributed by atoms with Crippen molar-refractivity contribution < 1.29 is 22.2 Å². The molecule has 148 valence electrons. The molecule has 0 bridgehead atoms. The van der Waals surface area contributed by atoms with Crippen molar-refractivity contribution >= 4 is 0 Å². The number of oxazole rings is 1. The largest absolute Gasteiger partial charge is 0.441 e. The third-order valence-electron chi connectivity index (χ3n) is 5.07. The molecule has 0 saturated carbocycles. The predicted molar refractivity (Wildman–Crippen MR) is 93.1 cm³/mol. The number of aryl methyl sites for hydroxylation is 2. The molecule has 28 heavy (non-hydrogen) atoms. The van der Waals surface area contributed by atoms with Gasteiger partial charge in [-0.2, -0.15) is 13.2 Å². The Morgan fingerprint density at radius 3 is 2.54 bits per heavy atom. The number of nitrogens with zero attached hydrogens (tertiary/aromatic N) is 4. The van der Waals surface area contributed by atoms with Crippen LogP contribution in [0.15, 0.2) is 33.3 Å². The fourth-order valence-corrected chi connectivity index (χ4v) is 3.56. The third-order valence-corrected chi connectivity index (χ3v) is 5.07. The molecule has 2 aromatic heterocycles. The maximum Gasteiger partial charge on any atom is 0.416 e. The molecule has 0 aliphatic carbocycles. The highest BCUT2D eigenvalue weighted by Gasteiger charge is 2.32. The number of hydrogen-bond donors (Lipinski definition) is 0. The maximum atomic E-state index is 12.7. The average molecular weight is 392 g/mol. The molecule has 1 aliphatic rings. The molecule has 1 fully saturated rings. The molecule has 1 saturated heterocycles. The van der Waals surface area contributed by atoms with Crippen molar-refractivity contribution in [2.45, 2.75) is 45.5 Å². The van der Waals surface area contributed by atoms with Crippen LogP contribution in [0.5, 0.6) is 0 Å². The Morgan fingerprint density at radius 2 is 1.89 bits per heavy atom. The molecule has 0 radical (unpaired) electrons. The Balaban J connectivity index is 1.54. The number of hydrogen-bond acceptors (Lipinski definition) is 6. The van der Waals surface area contributed by atoms with E-state index < -0.39 is 11.7 Å². The molecule has 1 atom stereocenters. The Labute approximate surface area is 159 Å². The topological polar surface area (TPSA) is 68.2 Å². The van der Waals surface area contributed by atoms with Gasteiger partial charge in [0.25, 0.3) is 0 Å². The second kappa shape index (κ2) is 7.05. The van der Waals surface area contributed by atoms with Crippen molar-refractivity contribution in [2.75, 3.05) is 6.54 Å². The van der Waals surface area contributed by atoms with E-state index in [0.29, 0.717) is 23.8 Å². The van der Waals surface area contributed by atoms with E-state index in [-0.39, 0.29) is 6.04 Å². The van der Waals surface area contributed by atoms with E-state index in [0.717, 1.165) is 48.6 Å². The average Bonchev–Trinajstić information content (AvgIpc) is 3.36. The van der Waals surface area contributed by atoms with Gasteiger partial charge in [0.1, 0.15) is 17.1 Å². The Hall–Kier alpha value is -2.68. The van der Waals surface area contributed by atoms with Crippen LogP contribution in [0.25, 0.3) is 11.5 Å². The minimum Gasteiger partial charge on any atom is -0.441 e. The zero-order valence-corrected chi connectivity index (χ0v) is 15.5. The van der Waals surface area contributed by atoms with Crippen LogP contribution in [0.2, 0.25) is 0 Å². The summed E-state index contributed by atoms with van der Waals surface area (Å²) in [5.41, 5.74) is 2.19. The Kier molecular flexibility index (Phi) is 4.70. The van der Waals surface area contributed by atoms with E-state index in [4.69, 9.17) is 9.05 Å². The molecule has 3 aromatic rings. The van der Waals surface area contributed by atoms with E-state index in [1.807, 2.05) is 13.8 Å². The maximum absolute atomic E-state index is 12.7. The van der Waals surface area contributed by atoms with Gasteiger partial charge in [0.2, 0.25) is 5.89 Å². The third kappa shape index (κ3) is 3.54. The van der Waals surface area contributed by atoms with Crippen molar-refractivity contribution in [1.29, 1.82) is 0 Å². The van der Waals surface area contributed by atoms with Gasteiger partial charge in [-0.1, -0.05) is 10.3 Å². The minimum absolute atomic E-state index is 0.108. The number of alkyl halides is 3. The van der Waals surface area contributed by atoms with Crippen LogP contribution in [-0.4, -0.2) is 26.7 Å². The molecule has 0 spiro atoms. The lowest BCUT2D eigenvalue weighted by Gasteiger charge is -2.21. The van der Waals surface area contributed by atoms with Crippen LogP contribution in [-0.2, 0) is 12.7 Å². The van der Waals surface area contributed by atoms with Crippen LogP contribution < -0.4 is 0 Å². The number of benzene rings is 1. The lowest BCUT2D eigenvalue weighted by molar-refractivity contribution is -0.137. The summed E-state index contributed by atoms with van der Waals surface area (Å²) in [7, 11) is 0. The lowest BCUT2D eigenvalue weighted by atomic mass is 10.1. The lowest BCUT2D eigenvalue weighted by Crippen LogP contribution is -2.24. The zero-order valence-electron chi connectivity index (χ0n) is 15.5. The van der Waals surface area contributed by atoms with E-state index in [1.54, 1.807) is 0 Å². The number of rotatable bonds is 4. The van der Waals surface area contributed by atoms with E-state index in [2.05, 4.69) is 20.2 Å². The standard InChI is InChI=1S/C19H19F3N4O2/c1-11-17(25-28-24-11)16-4-3-9-26(16)10-15-12(2)27-18(23-15)13-5-7-14(8-6-13)19(20,21)22/h5-8,16H,3-4,9-10H2,1-2H3/t16-/m0/s1. The van der Waals surface area contributed by atoms with Crippen molar-refractivity contribution in [1.82, 2.24) is 20.2 Å². The summed E-state index contributed by atoms with van der Waals surface area (Å²) >= 11 is 0. The number of likely N-dealkylation sites (tertiary alicyclic amines) is 1. The van der Waals surface area contributed by atoms with Crippen LogP contribution in [0.1, 0.15) is 47.3 Å². The summed E-state index contributed by atoms with van der Waals surface area (Å²) in [6.45, 7) is 5.13. The van der Waals surface area contributed by atoms with Gasteiger partial charge in [0.15, 0.2) is 0 Å². The smallest absolute Gasteiger partial charge is 0.416 e. The molecule has 9 heteroatoms. The highest BCUT2D eigenvalue weighted by molar-refractivity contribution is 5.54. The van der Waals surface area contributed by atoms with Gasteiger partial charge >= 0.3 is 6.18 Å². The monoisotopic (exact) mass is 392 g/mol. The first kappa shape index (κ1) is 18.7.